The number of hydrogen-bond donors (Lipinski definition) is 3. The van der Waals surface area contributed by atoms with E-state index in [1.54, 1.807) is 0 Å². The van der Waals surface area contributed by atoms with Crippen LogP contribution in [0.5, 0.6) is 0 Å². The highest BCUT2D eigenvalue weighted by Gasteiger charge is 2.66. The molecule has 3 N–H and O–H groups in total. The number of nitrogens with one attached hydrogen (secondary N) is 3. The summed E-state index contributed by atoms with van der Waals surface area (Å²) in [4.78, 5) is 265. The predicted molar refractivity (Wildman–Crippen MR) is 456 cm³/mol. The number of Topliss-reactive ketones (excluding diaryl/α,β-unsaturated/α-hetero) is 1. The average molecular weight is 2030 g/mol. The zero-order valence-electron chi connectivity index (χ0n) is 77.3. The van der Waals surface area contributed by atoms with Gasteiger partial charge >= 0.3 is 95.5 Å². The molecule has 0 aromatic heterocycles. The Hall–Kier alpha value is -12.2. The molecule has 0 bridgehead atoms. The Morgan fingerprint density at radius 2 is 0.770 bits per heavy atom. The summed E-state index contributed by atoms with van der Waals surface area (Å²) in [7, 11) is 0.746. The Morgan fingerprint density at radius 1 is 0.388 bits per heavy atom. The summed E-state index contributed by atoms with van der Waals surface area (Å²) in [5, 5.41) is 13.6. The summed E-state index contributed by atoms with van der Waals surface area (Å²) in [6.07, 6.45) is -56.3. The van der Waals surface area contributed by atoms with Gasteiger partial charge in [-0.2, -0.15) is 0 Å². The van der Waals surface area contributed by atoms with E-state index in [9.17, 15) is 76.7 Å². The molecule has 5 aliphatic heterocycles. The lowest BCUT2D eigenvalue weighted by Crippen LogP contribution is -2.73. The maximum atomic E-state index is 15.9. The Balaban J connectivity index is 1.46. The van der Waals surface area contributed by atoms with Gasteiger partial charge in [0.1, 0.15) is 106 Å². The van der Waals surface area contributed by atoms with Crippen LogP contribution in [0.3, 0.4) is 0 Å². The minimum Gasteiger partial charge on any atom is -0.465 e. The number of amides is 2. The number of rotatable bonds is 40. The first-order valence-corrected chi connectivity index (χ1v) is 43.7. The number of esters is 16. The third kappa shape index (κ3) is 32.7. The van der Waals surface area contributed by atoms with Crippen LogP contribution in [0.4, 0.5) is 0 Å². The Kier molecular flexibility index (Phi) is 41.6. The summed E-state index contributed by atoms with van der Waals surface area (Å²) < 4.78 is 157. The van der Waals surface area contributed by atoms with Gasteiger partial charge in [-0.15, -0.1) is 0 Å². The Morgan fingerprint density at radius 3 is 1.21 bits per heavy atom. The average Bonchev–Trinajstić information content (AvgIpc) is 0.737. The smallest absolute Gasteiger partial charge is 0.366 e. The van der Waals surface area contributed by atoms with Gasteiger partial charge in [-0.05, 0) is 43.3 Å². The number of methoxy groups -OCH3 is 1. The molecule has 51 heteroatoms. The first-order valence-electron chi connectivity index (χ1n) is 42.5. The van der Waals surface area contributed by atoms with E-state index >= 15 is 14.4 Å². The second-order valence-corrected chi connectivity index (χ2v) is 33.7. The largest absolute Gasteiger partial charge is 0.465 e. The molecule has 3 aromatic carbocycles. The minimum atomic E-state index is -3.51. The van der Waals surface area contributed by atoms with Crippen LogP contribution < -0.4 is 10.6 Å². The van der Waals surface area contributed by atoms with Crippen LogP contribution in [-0.4, -0.2) is 322 Å². The molecule has 0 radical (unpaired) electrons. The third-order valence-corrected chi connectivity index (χ3v) is 20.9. The molecule has 762 valence electrons. The molecule has 5 heterocycles. The van der Waals surface area contributed by atoms with Crippen LogP contribution in [-0.2, 0) is 200 Å². The van der Waals surface area contributed by atoms with Crippen molar-refractivity contribution in [3.63, 3.8) is 0 Å². The number of benzene rings is 3. The summed E-state index contributed by atoms with van der Waals surface area (Å²) >= 11 is 18.1. The normalized spacial score (nSPS) is 28.0. The molecule has 5 aliphatic rings. The van der Waals surface area contributed by atoms with Crippen LogP contribution in [0.2, 0.25) is 0 Å². The van der Waals surface area contributed by atoms with E-state index in [0.29, 0.717) is 0 Å². The van der Waals surface area contributed by atoms with Crippen LogP contribution >= 0.6 is 34.8 Å². The molecular formula is C88H104Cl3N3O45. The highest BCUT2D eigenvalue weighted by Crippen LogP contribution is 2.45. The summed E-state index contributed by atoms with van der Waals surface area (Å²) in [5.74, 6) is -27.4. The number of hydrogen-bond acceptors (Lipinski definition) is 46. The van der Waals surface area contributed by atoms with Crippen LogP contribution in [0, 0.1) is 5.41 Å². The fraction of sp³-hybridized carbons (Fsp3) is 0.568. The zero-order chi connectivity index (χ0) is 103. The highest BCUT2D eigenvalue weighted by atomic mass is 35.6. The van der Waals surface area contributed by atoms with Gasteiger partial charge in [0.2, 0.25) is 30.1 Å². The molecule has 26 atom stereocenters. The minimum absolute atomic E-state index is 0.164. The van der Waals surface area contributed by atoms with Crippen molar-refractivity contribution >= 4 is 154 Å². The molecule has 0 unspecified atom stereocenters. The van der Waals surface area contributed by atoms with E-state index in [1.165, 1.54) is 91.0 Å². The number of alkyl halides is 3. The summed E-state index contributed by atoms with van der Waals surface area (Å²) in [6.45, 7) is 6.94. The van der Waals surface area contributed by atoms with Gasteiger partial charge in [0.05, 0.1) is 42.7 Å². The standard InChI is InChI=1S/C88H104Cl3N3O45/c1-39(95)31-32-62(109)131-73-68(60(37-118-45(7)101)128-82(76(73)126-52(14)108)135-67-59(36-117-44(6)100)130-84(137-85(92)88(89,90)91)75(125-51(13)107)72(67)124-50(12)106)134-81-64(94-41(3)97)70(65(122-48(10)104)58(127-81)35-116-43(5)99)136-83-77(133-80(112)55-29-23-18-24-30-55)74(69(132-79(111)54-27-21-17-22-28-54)61(129-83)38-119-78(110)53-25-19-16-20-26-53)139-87(86(113)114-15)33-56(120-46(8)102)63(93-40(2)96)71(138-87)66(123-49(11)105)57(121-47(9)103)34-115-42(4)98/h16-30,56-61,63-77,81-84,92H,31-38H2,1-15H3,(H,93,96)(H,94,97)/t56-,57+,58+,59+,60+,61+,63+,64+,65-,66+,67+,68-,69-,70+,71+,72-,73-,74-,75+,76+,77+,81-,82-,83-,84-,87-/m0/s1. The molecule has 2 amide bonds. The van der Waals surface area contributed by atoms with Crippen molar-refractivity contribution in [1.82, 2.24) is 10.6 Å². The van der Waals surface area contributed by atoms with Gasteiger partial charge in [-0.3, -0.25) is 72.5 Å². The van der Waals surface area contributed by atoms with E-state index in [2.05, 4.69) is 10.6 Å². The lowest BCUT2D eigenvalue weighted by Gasteiger charge is -2.53. The summed E-state index contributed by atoms with van der Waals surface area (Å²) in [5.41, 5.74) is -0.834. The van der Waals surface area contributed by atoms with E-state index in [4.69, 9.17) is 163 Å². The summed E-state index contributed by atoms with van der Waals surface area (Å²) in [6, 6.07) is 16.0. The maximum Gasteiger partial charge on any atom is 0.366 e. The number of carbonyl (C=O) groups is 19. The molecule has 5 fully saturated rings. The third-order valence-electron chi connectivity index (χ3n) is 20.4. The quantitative estimate of drug-likeness (QED) is 0.0242. The SMILES string of the molecule is COC(=O)[C@@]1(O[C@H]2[C@@H](OC(=O)c3ccccc3)[C@@H](COC(=O)c3ccccc3)O[C@@H](O[C@@H]3[C@@H](NC(C)=O)[C@H](O[C@@H]4[C@H](OC(=O)CCC(C)=O)[C@@H](OC(C)=O)[C@H](O[C@H]5[C@H](OC(C)=O)[C@@H](OC(C)=O)[C@H](OC(=N)C(Cl)(Cl)Cl)O[C@@H]5COC(C)=O)O[C@@H]4COC(C)=O)O[C@H](COC(C)=O)[C@@H]3OC(C)=O)[C@@H]2OC(=O)c2ccccc2)C[C@H](OC(C)=O)[C@@H](NC(C)=O)[C@H]([C@H](OC(C)=O)[C@@H](COC(C)=O)OC(C)=O)O1. The number of carbonyl (C=O) groups excluding carboxylic acids is 19. The van der Waals surface area contributed by atoms with Crippen molar-refractivity contribution < 1.29 is 214 Å². The monoisotopic (exact) mass is 2030 g/mol. The number of ketones is 1. The van der Waals surface area contributed by atoms with Crippen LogP contribution in [0.25, 0.3) is 0 Å². The van der Waals surface area contributed by atoms with Gasteiger partial charge in [0.15, 0.2) is 67.7 Å². The molecule has 0 saturated carbocycles. The second kappa shape index (κ2) is 51.6. The van der Waals surface area contributed by atoms with Crippen molar-refractivity contribution in [3.8, 4) is 0 Å². The van der Waals surface area contributed by atoms with Crippen LogP contribution in [0.1, 0.15) is 147 Å². The second-order valence-electron chi connectivity index (χ2n) is 31.5. The lowest BCUT2D eigenvalue weighted by molar-refractivity contribution is -0.387. The Bertz CT molecular complexity index is 4910. The van der Waals surface area contributed by atoms with Crippen molar-refractivity contribution in [3.05, 3.63) is 108 Å². The van der Waals surface area contributed by atoms with Crippen molar-refractivity contribution in [2.45, 2.75) is 279 Å². The molecule has 0 aliphatic carbocycles. The predicted octanol–water partition coefficient (Wildman–Crippen LogP) is 2.82. The lowest BCUT2D eigenvalue weighted by atomic mass is 9.87. The first-order chi connectivity index (χ1) is 65.5. The molecule has 5 saturated heterocycles. The number of halogens is 3. The van der Waals surface area contributed by atoms with Gasteiger partial charge in [0, 0.05) is 96.4 Å². The van der Waals surface area contributed by atoms with Crippen molar-refractivity contribution in [1.29, 1.82) is 5.41 Å². The highest BCUT2D eigenvalue weighted by molar-refractivity contribution is 6.76. The van der Waals surface area contributed by atoms with Crippen molar-refractivity contribution in [2.75, 3.05) is 40.1 Å². The van der Waals surface area contributed by atoms with Gasteiger partial charge < -0.3 is 139 Å². The van der Waals surface area contributed by atoms with Gasteiger partial charge in [0.25, 0.3) is 9.58 Å². The van der Waals surface area contributed by atoms with Gasteiger partial charge in [-0.25, -0.2) is 19.2 Å². The zero-order valence-corrected chi connectivity index (χ0v) is 79.5. The van der Waals surface area contributed by atoms with Gasteiger partial charge in [-0.1, -0.05) is 89.4 Å². The fourth-order valence-corrected chi connectivity index (χ4v) is 15.2. The Labute approximate surface area is 807 Å². The van der Waals surface area contributed by atoms with Crippen molar-refractivity contribution in [2.24, 2.45) is 0 Å². The maximum absolute atomic E-state index is 15.9. The topological polar surface area (TPSA) is 612 Å². The van der Waals surface area contributed by atoms with E-state index < -0.39 is 334 Å². The van der Waals surface area contributed by atoms with E-state index in [0.717, 1.165) is 104 Å². The molecule has 8 rings (SSSR count). The first kappa shape index (κ1) is 112. The fourth-order valence-electron chi connectivity index (χ4n) is 15.0. The van der Waals surface area contributed by atoms with E-state index in [-0.39, 0.29) is 16.7 Å². The molecule has 3 aromatic rings. The molecule has 139 heavy (non-hydrogen) atoms. The molecule has 48 nitrogen and oxygen atoms in total. The van der Waals surface area contributed by atoms with E-state index in [1.807, 2.05) is 0 Å². The molecule has 0 spiro atoms. The number of ether oxygens (including phenoxy) is 26. The van der Waals surface area contributed by atoms with Crippen LogP contribution in [0.15, 0.2) is 91.0 Å². The molecular weight excluding hydrogens is 1930 g/mol.